The van der Waals surface area contributed by atoms with Crippen molar-refractivity contribution in [2.24, 2.45) is 5.92 Å². The van der Waals surface area contributed by atoms with Gasteiger partial charge in [0, 0.05) is 25.0 Å². The van der Waals surface area contributed by atoms with Crippen LogP contribution in [0.4, 0.5) is 0 Å². The van der Waals surface area contributed by atoms with Crippen LogP contribution in [0.2, 0.25) is 0 Å². The van der Waals surface area contributed by atoms with Gasteiger partial charge >= 0.3 is 0 Å². The summed E-state index contributed by atoms with van der Waals surface area (Å²) in [6.07, 6.45) is 0.541. The van der Waals surface area contributed by atoms with E-state index < -0.39 is 9.84 Å². The zero-order valence-corrected chi connectivity index (χ0v) is 17.2. The SMILES string of the molecule is CNC(=O)c1nn(CN(CC(C)C)C2CCS(=O)(=O)C2)c(=O)c2ccccc12. The lowest BCUT2D eigenvalue weighted by molar-refractivity contribution is 0.0952. The molecule has 1 N–H and O–H groups in total. The fraction of sp³-hybridized carbons (Fsp3) is 0.526. The third-order valence-corrected chi connectivity index (χ3v) is 6.70. The highest BCUT2D eigenvalue weighted by molar-refractivity contribution is 7.91. The lowest BCUT2D eigenvalue weighted by atomic mass is 10.1. The first-order chi connectivity index (χ1) is 13.2. The molecule has 0 spiro atoms. The topological polar surface area (TPSA) is 101 Å². The number of rotatable bonds is 6. The molecule has 0 bridgehead atoms. The van der Waals surface area contributed by atoms with Crippen molar-refractivity contribution in [2.45, 2.75) is 33.0 Å². The van der Waals surface area contributed by atoms with Crippen molar-refractivity contribution in [3.8, 4) is 0 Å². The first kappa shape index (κ1) is 20.5. The summed E-state index contributed by atoms with van der Waals surface area (Å²) in [5.41, 5.74) is -0.112. The molecule has 2 heterocycles. The van der Waals surface area contributed by atoms with E-state index in [1.807, 2.05) is 18.7 Å². The van der Waals surface area contributed by atoms with Gasteiger partial charge in [-0.05, 0) is 18.4 Å². The van der Waals surface area contributed by atoms with Gasteiger partial charge in [0.05, 0.1) is 23.6 Å². The summed E-state index contributed by atoms with van der Waals surface area (Å²) in [4.78, 5) is 27.3. The number of amides is 1. The Morgan fingerprint density at radius 1 is 1.32 bits per heavy atom. The highest BCUT2D eigenvalue weighted by atomic mass is 32.2. The molecule has 1 aliphatic rings. The molecule has 8 nitrogen and oxygen atoms in total. The number of carbonyl (C=O) groups excluding carboxylic acids is 1. The first-order valence-electron chi connectivity index (χ1n) is 9.38. The van der Waals surface area contributed by atoms with E-state index in [1.165, 1.54) is 11.7 Å². The molecule has 0 radical (unpaired) electrons. The Kier molecular flexibility index (Phi) is 5.85. The van der Waals surface area contributed by atoms with E-state index in [0.717, 1.165) is 0 Å². The zero-order chi connectivity index (χ0) is 20.5. The molecule has 1 saturated heterocycles. The maximum Gasteiger partial charge on any atom is 0.275 e. The summed E-state index contributed by atoms with van der Waals surface area (Å²) >= 11 is 0. The minimum absolute atomic E-state index is 0.0877. The molecule has 1 unspecified atom stereocenters. The van der Waals surface area contributed by atoms with Crippen LogP contribution in [0.15, 0.2) is 29.1 Å². The Morgan fingerprint density at radius 2 is 2.00 bits per heavy atom. The van der Waals surface area contributed by atoms with Crippen LogP contribution < -0.4 is 10.9 Å². The summed E-state index contributed by atoms with van der Waals surface area (Å²) in [5, 5.41) is 7.81. The second-order valence-electron chi connectivity index (χ2n) is 7.64. The number of hydrogen-bond donors (Lipinski definition) is 1. The average molecular weight is 407 g/mol. The molecule has 1 aromatic heterocycles. The van der Waals surface area contributed by atoms with E-state index in [2.05, 4.69) is 10.4 Å². The van der Waals surface area contributed by atoms with E-state index in [9.17, 15) is 18.0 Å². The van der Waals surface area contributed by atoms with Gasteiger partial charge in [-0.25, -0.2) is 13.1 Å². The van der Waals surface area contributed by atoms with Crippen molar-refractivity contribution in [1.29, 1.82) is 0 Å². The number of nitrogens with zero attached hydrogens (tertiary/aromatic N) is 3. The number of hydrogen-bond acceptors (Lipinski definition) is 6. The molecular weight excluding hydrogens is 380 g/mol. The number of aromatic nitrogens is 2. The maximum atomic E-state index is 13.0. The van der Waals surface area contributed by atoms with E-state index in [1.54, 1.807) is 24.3 Å². The van der Waals surface area contributed by atoms with Gasteiger partial charge in [-0.2, -0.15) is 5.10 Å². The first-order valence-corrected chi connectivity index (χ1v) is 11.2. The number of benzene rings is 1. The Morgan fingerprint density at radius 3 is 2.57 bits per heavy atom. The molecule has 1 atom stereocenters. The second kappa shape index (κ2) is 8.00. The number of fused-ring (bicyclic) bond motifs is 1. The Balaban J connectivity index is 2.04. The molecule has 152 valence electrons. The van der Waals surface area contributed by atoms with Gasteiger partial charge in [0.1, 0.15) is 0 Å². The van der Waals surface area contributed by atoms with E-state index in [4.69, 9.17) is 0 Å². The molecule has 1 aromatic carbocycles. The lowest BCUT2D eigenvalue weighted by Crippen LogP contribution is -2.43. The Bertz CT molecular complexity index is 1050. The third-order valence-electron chi connectivity index (χ3n) is 4.95. The summed E-state index contributed by atoms with van der Waals surface area (Å²) < 4.78 is 25.2. The molecule has 1 amide bonds. The van der Waals surface area contributed by atoms with Crippen LogP contribution in [0.5, 0.6) is 0 Å². The highest BCUT2D eigenvalue weighted by Crippen LogP contribution is 2.20. The predicted octanol–water partition coefficient (Wildman–Crippen LogP) is 0.859. The standard InChI is InChI=1S/C19H26N4O4S/c1-13(2)10-22(14-8-9-28(26,27)11-14)12-23-19(25)16-7-5-4-6-15(16)17(21-23)18(24)20-3/h4-7,13-14H,8-12H2,1-3H3,(H,20,24). The molecular formula is C19H26N4O4S. The van der Waals surface area contributed by atoms with Crippen LogP contribution >= 0.6 is 0 Å². The second-order valence-corrected chi connectivity index (χ2v) is 9.87. The van der Waals surface area contributed by atoms with Gasteiger partial charge in [-0.15, -0.1) is 0 Å². The van der Waals surface area contributed by atoms with Crippen LogP contribution in [-0.4, -0.2) is 60.1 Å². The molecule has 1 fully saturated rings. The molecule has 9 heteroatoms. The fourth-order valence-electron chi connectivity index (χ4n) is 3.64. The Labute approximate surface area is 164 Å². The maximum absolute atomic E-state index is 13.0. The summed E-state index contributed by atoms with van der Waals surface area (Å²) in [7, 11) is -1.54. The van der Waals surface area contributed by atoms with Gasteiger partial charge < -0.3 is 5.32 Å². The monoisotopic (exact) mass is 406 g/mol. The zero-order valence-electron chi connectivity index (χ0n) is 16.4. The van der Waals surface area contributed by atoms with E-state index in [0.29, 0.717) is 23.7 Å². The predicted molar refractivity (Wildman–Crippen MR) is 108 cm³/mol. The molecule has 2 aromatic rings. The minimum atomic E-state index is -3.05. The highest BCUT2D eigenvalue weighted by Gasteiger charge is 2.33. The van der Waals surface area contributed by atoms with Crippen molar-refractivity contribution in [1.82, 2.24) is 20.0 Å². The van der Waals surface area contributed by atoms with Gasteiger partial charge in [0.25, 0.3) is 11.5 Å². The van der Waals surface area contributed by atoms with E-state index in [-0.39, 0.29) is 47.3 Å². The van der Waals surface area contributed by atoms with Crippen molar-refractivity contribution in [3.63, 3.8) is 0 Å². The smallest absolute Gasteiger partial charge is 0.275 e. The van der Waals surface area contributed by atoms with Crippen molar-refractivity contribution < 1.29 is 13.2 Å². The minimum Gasteiger partial charge on any atom is -0.354 e. The number of sulfone groups is 1. The van der Waals surface area contributed by atoms with E-state index >= 15 is 0 Å². The molecule has 0 aliphatic carbocycles. The molecule has 0 saturated carbocycles. The van der Waals surface area contributed by atoms with Crippen LogP contribution in [0.3, 0.4) is 0 Å². The quantitative estimate of drug-likeness (QED) is 0.764. The van der Waals surface area contributed by atoms with Gasteiger partial charge in [-0.1, -0.05) is 32.0 Å². The lowest BCUT2D eigenvalue weighted by Gasteiger charge is -2.29. The molecule has 28 heavy (non-hydrogen) atoms. The Hall–Kier alpha value is -2.26. The van der Waals surface area contributed by atoms with Crippen molar-refractivity contribution >= 4 is 26.5 Å². The summed E-state index contributed by atoms with van der Waals surface area (Å²) in [5.74, 6) is 0.168. The number of carbonyl (C=O) groups is 1. The third kappa shape index (κ3) is 4.25. The van der Waals surface area contributed by atoms with Crippen molar-refractivity contribution in [2.75, 3.05) is 25.1 Å². The average Bonchev–Trinajstić information content (AvgIpc) is 3.02. The summed E-state index contributed by atoms with van der Waals surface area (Å²) in [6, 6.07) is 6.73. The van der Waals surface area contributed by atoms with Crippen molar-refractivity contribution in [3.05, 3.63) is 40.3 Å². The molecule has 3 rings (SSSR count). The summed E-state index contributed by atoms with van der Waals surface area (Å²) in [6.45, 7) is 4.87. The van der Waals surface area contributed by atoms with Crippen LogP contribution in [0, 0.1) is 5.92 Å². The normalized spacial score (nSPS) is 18.8. The van der Waals surface area contributed by atoms with Gasteiger partial charge in [-0.3, -0.25) is 14.5 Å². The van der Waals surface area contributed by atoms with Crippen LogP contribution in [0.25, 0.3) is 10.8 Å². The number of nitrogens with one attached hydrogen (secondary N) is 1. The fourth-order valence-corrected chi connectivity index (χ4v) is 5.41. The van der Waals surface area contributed by atoms with Gasteiger partial charge in [0.2, 0.25) is 0 Å². The molecule has 1 aliphatic heterocycles. The largest absolute Gasteiger partial charge is 0.354 e. The van der Waals surface area contributed by atoms with Crippen LogP contribution in [0.1, 0.15) is 30.8 Å². The van der Waals surface area contributed by atoms with Gasteiger partial charge in [0.15, 0.2) is 15.5 Å². The van der Waals surface area contributed by atoms with Crippen LogP contribution in [-0.2, 0) is 16.5 Å².